The number of ether oxygens (including phenoxy) is 1. The van der Waals surface area contributed by atoms with Crippen molar-refractivity contribution in [3.8, 4) is 5.88 Å². The molecule has 0 bridgehead atoms. The lowest BCUT2D eigenvalue weighted by molar-refractivity contribution is 0.102. The van der Waals surface area contributed by atoms with Crippen molar-refractivity contribution in [3.05, 3.63) is 41.6 Å². The maximum atomic E-state index is 12.1. The van der Waals surface area contributed by atoms with Crippen LogP contribution >= 0.6 is 0 Å². The van der Waals surface area contributed by atoms with E-state index in [1.165, 1.54) is 7.11 Å². The van der Waals surface area contributed by atoms with Gasteiger partial charge in [0, 0.05) is 18.9 Å². The molecule has 0 aliphatic rings. The third-order valence-corrected chi connectivity index (χ3v) is 2.51. The SMILES string of the molecule is COc1nn(C)cc1C(=O)Nc1cccc(C)c1. The van der Waals surface area contributed by atoms with Gasteiger partial charge in [-0.3, -0.25) is 9.48 Å². The van der Waals surface area contributed by atoms with Crippen molar-refractivity contribution in [3.63, 3.8) is 0 Å². The van der Waals surface area contributed by atoms with Gasteiger partial charge in [0.25, 0.3) is 5.91 Å². The number of benzene rings is 1. The fourth-order valence-electron chi connectivity index (χ4n) is 1.70. The molecule has 1 N–H and O–H groups in total. The third-order valence-electron chi connectivity index (χ3n) is 2.51. The molecule has 1 heterocycles. The molecule has 0 saturated heterocycles. The molecule has 0 unspecified atom stereocenters. The van der Waals surface area contributed by atoms with Gasteiger partial charge >= 0.3 is 0 Å². The monoisotopic (exact) mass is 245 g/mol. The van der Waals surface area contributed by atoms with Crippen LogP contribution in [0.15, 0.2) is 30.5 Å². The Kier molecular flexibility index (Phi) is 3.32. The highest BCUT2D eigenvalue weighted by atomic mass is 16.5. The lowest BCUT2D eigenvalue weighted by Crippen LogP contribution is -2.12. The van der Waals surface area contributed by atoms with Crippen LogP contribution in [0, 0.1) is 6.92 Å². The van der Waals surface area contributed by atoms with E-state index < -0.39 is 0 Å². The first-order chi connectivity index (χ1) is 8.60. The summed E-state index contributed by atoms with van der Waals surface area (Å²) >= 11 is 0. The van der Waals surface area contributed by atoms with Crippen molar-refractivity contribution in [2.45, 2.75) is 6.92 Å². The van der Waals surface area contributed by atoms with Crippen molar-refractivity contribution < 1.29 is 9.53 Å². The first-order valence-corrected chi connectivity index (χ1v) is 5.56. The molecule has 0 aliphatic carbocycles. The van der Waals surface area contributed by atoms with Crippen LogP contribution in [-0.2, 0) is 7.05 Å². The zero-order valence-electron chi connectivity index (χ0n) is 10.6. The smallest absolute Gasteiger partial charge is 0.262 e. The van der Waals surface area contributed by atoms with Gasteiger partial charge in [-0.15, -0.1) is 5.10 Å². The van der Waals surface area contributed by atoms with Crippen LogP contribution in [-0.4, -0.2) is 22.8 Å². The van der Waals surface area contributed by atoms with Crippen molar-refractivity contribution in [1.29, 1.82) is 0 Å². The fraction of sp³-hybridized carbons (Fsp3) is 0.231. The van der Waals surface area contributed by atoms with E-state index in [0.717, 1.165) is 11.3 Å². The molecule has 0 fully saturated rings. The number of hydrogen-bond donors (Lipinski definition) is 1. The number of carbonyl (C=O) groups excluding carboxylic acids is 1. The second-order valence-corrected chi connectivity index (χ2v) is 4.05. The molecule has 2 aromatic rings. The number of aromatic nitrogens is 2. The molecule has 5 heteroatoms. The summed E-state index contributed by atoms with van der Waals surface area (Å²) in [7, 11) is 3.23. The number of methoxy groups -OCH3 is 1. The summed E-state index contributed by atoms with van der Waals surface area (Å²) in [5, 5.41) is 6.86. The van der Waals surface area contributed by atoms with Gasteiger partial charge in [-0.1, -0.05) is 12.1 Å². The Labute approximate surface area is 105 Å². The lowest BCUT2D eigenvalue weighted by atomic mass is 10.2. The Morgan fingerprint density at radius 3 is 2.89 bits per heavy atom. The first kappa shape index (κ1) is 12.2. The van der Waals surface area contributed by atoms with Gasteiger partial charge in [0.1, 0.15) is 5.56 Å². The number of amides is 1. The summed E-state index contributed by atoms with van der Waals surface area (Å²) in [5.74, 6) is 0.0909. The van der Waals surface area contributed by atoms with E-state index in [1.54, 1.807) is 17.9 Å². The Hall–Kier alpha value is -2.30. The summed E-state index contributed by atoms with van der Waals surface area (Å²) < 4.78 is 6.60. The van der Waals surface area contributed by atoms with Crippen LogP contribution in [0.25, 0.3) is 0 Å². The van der Waals surface area contributed by atoms with Crippen molar-refractivity contribution in [2.24, 2.45) is 7.05 Å². The molecular weight excluding hydrogens is 230 g/mol. The van der Waals surface area contributed by atoms with Gasteiger partial charge in [0.05, 0.1) is 7.11 Å². The van der Waals surface area contributed by atoms with Crippen LogP contribution in [0.5, 0.6) is 5.88 Å². The van der Waals surface area contributed by atoms with E-state index >= 15 is 0 Å². The third kappa shape index (κ3) is 2.51. The van der Waals surface area contributed by atoms with E-state index in [0.29, 0.717) is 11.4 Å². The van der Waals surface area contributed by atoms with Crippen LogP contribution in [0.4, 0.5) is 5.69 Å². The van der Waals surface area contributed by atoms with E-state index in [-0.39, 0.29) is 5.91 Å². The normalized spacial score (nSPS) is 10.2. The molecule has 1 aromatic heterocycles. The van der Waals surface area contributed by atoms with Crippen LogP contribution < -0.4 is 10.1 Å². The molecule has 0 saturated carbocycles. The standard InChI is InChI=1S/C13H15N3O2/c1-9-5-4-6-10(7-9)14-12(17)11-8-16(2)15-13(11)18-3/h4-8H,1-3H3,(H,14,17). The number of nitrogens with one attached hydrogen (secondary N) is 1. The number of rotatable bonds is 3. The van der Waals surface area contributed by atoms with Crippen LogP contribution in [0.3, 0.4) is 0 Å². The molecule has 0 radical (unpaired) electrons. The van der Waals surface area contributed by atoms with E-state index in [2.05, 4.69) is 10.4 Å². The van der Waals surface area contributed by atoms with Gasteiger partial charge in [-0.25, -0.2) is 0 Å². The Morgan fingerprint density at radius 2 is 2.22 bits per heavy atom. The Bertz CT molecular complexity index is 575. The summed E-state index contributed by atoms with van der Waals surface area (Å²) in [4.78, 5) is 12.1. The molecule has 18 heavy (non-hydrogen) atoms. The summed E-state index contributed by atoms with van der Waals surface area (Å²) in [6.45, 7) is 1.97. The van der Waals surface area contributed by atoms with Gasteiger partial charge in [-0.05, 0) is 24.6 Å². The van der Waals surface area contributed by atoms with E-state index in [1.807, 2.05) is 31.2 Å². The second-order valence-electron chi connectivity index (χ2n) is 4.05. The number of anilines is 1. The van der Waals surface area contributed by atoms with Crippen LogP contribution in [0.2, 0.25) is 0 Å². The highest BCUT2D eigenvalue weighted by Crippen LogP contribution is 2.17. The largest absolute Gasteiger partial charge is 0.479 e. The summed E-state index contributed by atoms with van der Waals surface area (Å²) in [6.07, 6.45) is 1.63. The average Bonchev–Trinajstić information content (AvgIpc) is 2.70. The van der Waals surface area contributed by atoms with Gasteiger partial charge in [0.2, 0.25) is 5.88 Å². The number of hydrogen-bond acceptors (Lipinski definition) is 3. The maximum Gasteiger partial charge on any atom is 0.262 e. The van der Waals surface area contributed by atoms with Gasteiger partial charge in [-0.2, -0.15) is 0 Å². The number of nitrogens with zero attached hydrogens (tertiary/aromatic N) is 2. The Morgan fingerprint density at radius 1 is 1.44 bits per heavy atom. The minimum Gasteiger partial charge on any atom is -0.479 e. The first-order valence-electron chi connectivity index (χ1n) is 5.56. The molecule has 0 spiro atoms. The molecule has 1 aromatic carbocycles. The minimum absolute atomic E-state index is 0.231. The van der Waals surface area contributed by atoms with E-state index in [4.69, 9.17) is 4.74 Å². The molecule has 5 nitrogen and oxygen atoms in total. The van der Waals surface area contributed by atoms with Crippen LogP contribution in [0.1, 0.15) is 15.9 Å². The maximum absolute atomic E-state index is 12.1. The minimum atomic E-state index is -0.231. The highest BCUT2D eigenvalue weighted by Gasteiger charge is 2.16. The second kappa shape index (κ2) is 4.91. The molecule has 1 amide bonds. The zero-order valence-corrected chi connectivity index (χ0v) is 10.6. The molecule has 94 valence electrons. The number of carbonyl (C=O) groups is 1. The van der Waals surface area contributed by atoms with Crippen molar-refractivity contribution in [1.82, 2.24) is 9.78 Å². The quantitative estimate of drug-likeness (QED) is 0.899. The van der Waals surface area contributed by atoms with E-state index in [9.17, 15) is 4.79 Å². The predicted octanol–water partition coefficient (Wildman–Crippen LogP) is 1.99. The van der Waals surface area contributed by atoms with Crippen molar-refractivity contribution in [2.75, 3.05) is 12.4 Å². The van der Waals surface area contributed by atoms with Gasteiger partial charge < -0.3 is 10.1 Å². The van der Waals surface area contributed by atoms with Crippen molar-refractivity contribution >= 4 is 11.6 Å². The number of aryl methyl sites for hydroxylation is 2. The average molecular weight is 245 g/mol. The zero-order chi connectivity index (χ0) is 13.1. The lowest BCUT2D eigenvalue weighted by Gasteiger charge is -2.05. The topological polar surface area (TPSA) is 56.2 Å². The summed E-state index contributed by atoms with van der Waals surface area (Å²) in [5.41, 5.74) is 2.26. The molecule has 2 rings (SSSR count). The molecule has 0 aliphatic heterocycles. The summed E-state index contributed by atoms with van der Waals surface area (Å²) in [6, 6.07) is 7.61. The Balaban J connectivity index is 2.21. The highest BCUT2D eigenvalue weighted by molar-refractivity contribution is 6.05. The molecule has 0 atom stereocenters. The predicted molar refractivity (Wildman–Crippen MR) is 68.9 cm³/mol. The fourth-order valence-corrected chi connectivity index (χ4v) is 1.70. The molecular formula is C13H15N3O2. The van der Waals surface area contributed by atoms with Gasteiger partial charge in [0.15, 0.2) is 0 Å².